The van der Waals surface area contributed by atoms with Crippen LogP contribution >= 0.6 is 0 Å². The van der Waals surface area contributed by atoms with E-state index in [9.17, 15) is 0 Å². The van der Waals surface area contributed by atoms with Crippen LogP contribution in [0.5, 0.6) is 0 Å². The van der Waals surface area contributed by atoms with Crippen LogP contribution in [0.1, 0.15) is 28.6 Å². The molecule has 3 heterocycles. The van der Waals surface area contributed by atoms with Crippen LogP contribution in [-0.4, -0.2) is 24.7 Å². The minimum atomic E-state index is -0.0905. The van der Waals surface area contributed by atoms with Crippen LogP contribution in [0.4, 0.5) is 5.95 Å². The number of aromatic amines is 1. The molecule has 1 aromatic carbocycles. The third-order valence-corrected chi connectivity index (χ3v) is 4.63. The second kappa shape index (κ2) is 6.05. The lowest BCUT2D eigenvalue weighted by molar-refractivity contribution is 0.729. The Morgan fingerprint density at radius 3 is 2.56 bits per heavy atom. The van der Waals surface area contributed by atoms with Crippen LogP contribution in [0.2, 0.25) is 0 Å². The first-order valence-corrected chi connectivity index (χ1v) is 8.25. The molecule has 0 saturated heterocycles. The van der Waals surface area contributed by atoms with Crippen molar-refractivity contribution in [3.05, 3.63) is 71.4 Å². The molecule has 0 radical (unpaired) electrons. The SMILES string of the molecule is Cc1nn(C)c(C)c1C(Nc1ncccn1)c1c[nH]c2ccccc12. The fourth-order valence-electron chi connectivity index (χ4n) is 3.35. The second-order valence-corrected chi connectivity index (χ2v) is 6.15. The number of aromatic nitrogens is 5. The normalized spacial score (nSPS) is 12.4. The molecule has 126 valence electrons. The quantitative estimate of drug-likeness (QED) is 0.600. The molecule has 0 fully saturated rings. The third-order valence-electron chi connectivity index (χ3n) is 4.63. The molecule has 25 heavy (non-hydrogen) atoms. The van der Waals surface area contributed by atoms with E-state index in [1.54, 1.807) is 12.4 Å². The van der Waals surface area contributed by atoms with Crippen LogP contribution in [0, 0.1) is 13.8 Å². The summed E-state index contributed by atoms with van der Waals surface area (Å²) in [5.41, 5.74) is 5.54. The van der Waals surface area contributed by atoms with Crippen LogP contribution in [0.15, 0.2) is 48.9 Å². The molecule has 0 spiro atoms. The zero-order chi connectivity index (χ0) is 17.4. The Morgan fingerprint density at radius 1 is 1.08 bits per heavy atom. The Hall–Kier alpha value is -3.15. The Bertz CT molecular complexity index is 1020. The largest absolute Gasteiger partial charge is 0.361 e. The number of hydrogen-bond acceptors (Lipinski definition) is 4. The van der Waals surface area contributed by atoms with Crippen molar-refractivity contribution in [3.8, 4) is 0 Å². The molecule has 4 rings (SSSR count). The molecular formula is C19H20N6. The summed E-state index contributed by atoms with van der Waals surface area (Å²) in [4.78, 5) is 12.0. The van der Waals surface area contributed by atoms with Crippen molar-refractivity contribution in [3.63, 3.8) is 0 Å². The molecule has 1 atom stereocenters. The molecule has 0 bridgehead atoms. The highest BCUT2D eigenvalue weighted by atomic mass is 15.3. The van der Waals surface area contributed by atoms with Gasteiger partial charge in [-0.15, -0.1) is 0 Å². The van der Waals surface area contributed by atoms with Gasteiger partial charge in [0.05, 0.1) is 11.7 Å². The fourth-order valence-corrected chi connectivity index (χ4v) is 3.35. The van der Waals surface area contributed by atoms with Crippen molar-refractivity contribution in [1.82, 2.24) is 24.7 Å². The predicted octanol–water partition coefficient (Wildman–Crippen LogP) is 3.51. The standard InChI is InChI=1S/C19H20N6/c1-12-17(13(2)25(3)24-12)18(23-19-20-9-6-10-21-19)15-11-22-16-8-5-4-7-14(15)16/h4-11,18,22H,1-3H3,(H,20,21,23). The van der Waals surface area contributed by atoms with Gasteiger partial charge < -0.3 is 10.3 Å². The number of rotatable bonds is 4. The molecule has 2 N–H and O–H groups in total. The average Bonchev–Trinajstić information content (AvgIpc) is 3.15. The first kappa shape index (κ1) is 15.4. The maximum atomic E-state index is 4.59. The lowest BCUT2D eigenvalue weighted by Crippen LogP contribution is -2.15. The zero-order valence-electron chi connectivity index (χ0n) is 14.5. The van der Waals surface area contributed by atoms with Crippen molar-refractivity contribution >= 4 is 16.9 Å². The van der Waals surface area contributed by atoms with Crippen LogP contribution in [-0.2, 0) is 7.05 Å². The minimum Gasteiger partial charge on any atom is -0.361 e. The molecule has 0 aliphatic carbocycles. The summed E-state index contributed by atoms with van der Waals surface area (Å²) in [5.74, 6) is 0.598. The molecular weight excluding hydrogens is 312 g/mol. The molecule has 0 saturated carbocycles. The Morgan fingerprint density at radius 2 is 1.84 bits per heavy atom. The van der Waals surface area contributed by atoms with Gasteiger partial charge in [0, 0.05) is 53.4 Å². The summed E-state index contributed by atoms with van der Waals surface area (Å²) in [7, 11) is 1.97. The van der Waals surface area contributed by atoms with E-state index in [2.05, 4.69) is 56.7 Å². The number of aryl methyl sites for hydroxylation is 2. The lowest BCUT2D eigenvalue weighted by Gasteiger charge is -2.19. The van der Waals surface area contributed by atoms with Gasteiger partial charge >= 0.3 is 0 Å². The summed E-state index contributed by atoms with van der Waals surface area (Å²) in [6, 6.07) is 10.0. The average molecular weight is 332 g/mol. The van der Waals surface area contributed by atoms with Crippen LogP contribution in [0.25, 0.3) is 10.9 Å². The van der Waals surface area contributed by atoms with Crippen molar-refractivity contribution in [2.24, 2.45) is 7.05 Å². The van der Waals surface area contributed by atoms with E-state index < -0.39 is 0 Å². The van der Waals surface area contributed by atoms with E-state index in [0.29, 0.717) is 5.95 Å². The Kier molecular flexibility index (Phi) is 3.72. The summed E-state index contributed by atoms with van der Waals surface area (Å²) in [6.45, 7) is 4.13. The number of anilines is 1. The van der Waals surface area contributed by atoms with Gasteiger partial charge in [0.1, 0.15) is 0 Å². The van der Waals surface area contributed by atoms with E-state index in [1.165, 1.54) is 5.39 Å². The topological polar surface area (TPSA) is 71.4 Å². The highest BCUT2D eigenvalue weighted by molar-refractivity contribution is 5.84. The smallest absolute Gasteiger partial charge is 0.223 e. The number of nitrogens with zero attached hydrogens (tertiary/aromatic N) is 4. The molecule has 0 aliphatic rings. The van der Waals surface area contributed by atoms with Gasteiger partial charge in [-0.25, -0.2) is 9.97 Å². The maximum Gasteiger partial charge on any atom is 0.223 e. The van der Waals surface area contributed by atoms with Crippen molar-refractivity contribution < 1.29 is 0 Å². The number of hydrogen-bond donors (Lipinski definition) is 2. The molecule has 6 heteroatoms. The van der Waals surface area contributed by atoms with Gasteiger partial charge in [-0.3, -0.25) is 4.68 Å². The van der Waals surface area contributed by atoms with Crippen molar-refractivity contribution in [1.29, 1.82) is 0 Å². The number of nitrogens with one attached hydrogen (secondary N) is 2. The fraction of sp³-hybridized carbons (Fsp3) is 0.211. The summed E-state index contributed by atoms with van der Waals surface area (Å²) in [6.07, 6.45) is 5.53. The molecule has 1 unspecified atom stereocenters. The van der Waals surface area contributed by atoms with Gasteiger partial charge in [-0.05, 0) is 26.0 Å². The van der Waals surface area contributed by atoms with Gasteiger partial charge in [-0.2, -0.15) is 5.10 Å². The Balaban J connectivity index is 1.89. The van der Waals surface area contributed by atoms with E-state index in [-0.39, 0.29) is 6.04 Å². The lowest BCUT2D eigenvalue weighted by atomic mass is 9.96. The van der Waals surface area contributed by atoms with Crippen molar-refractivity contribution in [2.75, 3.05) is 5.32 Å². The molecule has 4 aromatic rings. The first-order chi connectivity index (χ1) is 12.1. The minimum absolute atomic E-state index is 0.0905. The first-order valence-electron chi connectivity index (χ1n) is 8.25. The van der Waals surface area contributed by atoms with Gasteiger partial charge in [0.25, 0.3) is 0 Å². The zero-order valence-corrected chi connectivity index (χ0v) is 14.5. The third kappa shape index (κ3) is 2.65. The summed E-state index contributed by atoms with van der Waals surface area (Å²) in [5, 5.41) is 9.26. The number of H-pyrrole nitrogens is 1. The van der Waals surface area contributed by atoms with E-state index in [4.69, 9.17) is 0 Å². The van der Waals surface area contributed by atoms with E-state index in [0.717, 1.165) is 28.0 Å². The van der Waals surface area contributed by atoms with Gasteiger partial charge in [0.15, 0.2) is 0 Å². The van der Waals surface area contributed by atoms with Gasteiger partial charge in [-0.1, -0.05) is 18.2 Å². The van der Waals surface area contributed by atoms with Gasteiger partial charge in [0.2, 0.25) is 5.95 Å². The molecule has 0 aliphatic heterocycles. The van der Waals surface area contributed by atoms with Crippen LogP contribution in [0.3, 0.4) is 0 Å². The summed E-state index contributed by atoms with van der Waals surface area (Å²) >= 11 is 0. The van der Waals surface area contributed by atoms with E-state index >= 15 is 0 Å². The Labute approximate surface area is 145 Å². The maximum absolute atomic E-state index is 4.59. The molecule has 0 amide bonds. The number of fused-ring (bicyclic) bond motifs is 1. The summed E-state index contributed by atoms with van der Waals surface area (Å²) < 4.78 is 1.92. The predicted molar refractivity (Wildman–Crippen MR) is 98.5 cm³/mol. The van der Waals surface area contributed by atoms with Crippen molar-refractivity contribution in [2.45, 2.75) is 19.9 Å². The molecule has 6 nitrogen and oxygen atoms in total. The molecule has 3 aromatic heterocycles. The highest BCUT2D eigenvalue weighted by Gasteiger charge is 2.25. The number of para-hydroxylation sites is 1. The highest BCUT2D eigenvalue weighted by Crippen LogP contribution is 2.34. The monoisotopic (exact) mass is 332 g/mol. The van der Waals surface area contributed by atoms with E-state index in [1.807, 2.05) is 30.8 Å². The second-order valence-electron chi connectivity index (χ2n) is 6.15. The van der Waals surface area contributed by atoms with Crippen LogP contribution < -0.4 is 5.32 Å². The number of benzene rings is 1.